The first-order chi connectivity index (χ1) is 13.5. The molecule has 1 aliphatic carbocycles. The van der Waals surface area contributed by atoms with Crippen LogP contribution >= 0.6 is 0 Å². The van der Waals surface area contributed by atoms with Crippen molar-refractivity contribution in [2.75, 3.05) is 19.7 Å². The average molecular weight is 387 g/mol. The zero-order valence-corrected chi connectivity index (χ0v) is 16.5. The molecule has 0 unspecified atom stereocenters. The predicted octanol–water partition coefficient (Wildman–Crippen LogP) is 2.52. The Kier molecular flexibility index (Phi) is 6.54. The van der Waals surface area contributed by atoms with Crippen molar-refractivity contribution in [2.24, 2.45) is 0 Å². The van der Waals surface area contributed by atoms with Gasteiger partial charge in [0.1, 0.15) is 24.4 Å². The van der Waals surface area contributed by atoms with Crippen LogP contribution in [0.3, 0.4) is 0 Å². The molecular formula is C21H29N3O4. The van der Waals surface area contributed by atoms with E-state index in [2.05, 4.69) is 10.6 Å². The lowest BCUT2D eigenvalue weighted by Crippen LogP contribution is -2.48. The zero-order valence-electron chi connectivity index (χ0n) is 16.5. The van der Waals surface area contributed by atoms with Gasteiger partial charge in [-0.1, -0.05) is 44.2 Å². The smallest absolute Gasteiger partial charge is 0.325 e. The van der Waals surface area contributed by atoms with Gasteiger partial charge in [-0.2, -0.15) is 0 Å². The van der Waals surface area contributed by atoms with Crippen molar-refractivity contribution >= 4 is 17.8 Å². The summed E-state index contributed by atoms with van der Waals surface area (Å²) in [4.78, 5) is 38.5. The van der Waals surface area contributed by atoms with Crippen LogP contribution in [0.4, 0.5) is 4.79 Å². The minimum Gasteiger partial charge on any atom is -0.492 e. The maximum absolute atomic E-state index is 12.9. The number of nitrogens with zero attached hydrogens (tertiary/aromatic N) is 1. The summed E-state index contributed by atoms with van der Waals surface area (Å²) in [5.74, 6) is 0.124. The van der Waals surface area contributed by atoms with E-state index >= 15 is 0 Å². The normalized spacial score (nSPS) is 19.1. The van der Waals surface area contributed by atoms with Gasteiger partial charge in [0, 0.05) is 0 Å². The van der Waals surface area contributed by atoms with Gasteiger partial charge in [-0.15, -0.1) is 0 Å². The number of hydrogen-bond donors (Lipinski definition) is 2. The van der Waals surface area contributed by atoms with Crippen LogP contribution in [0, 0.1) is 6.92 Å². The third-order valence-corrected chi connectivity index (χ3v) is 5.44. The largest absolute Gasteiger partial charge is 0.492 e. The summed E-state index contributed by atoms with van der Waals surface area (Å²) in [7, 11) is 0. The molecule has 2 aliphatic rings. The highest BCUT2D eigenvalue weighted by atomic mass is 16.5. The van der Waals surface area contributed by atoms with Crippen LogP contribution in [0.15, 0.2) is 24.3 Å². The standard InChI is InChI=1S/C21H29N3O4/c1-16-8-7-9-17(14-16)28-13-12-22-18(25)15-24-19(26)21(23-20(24)27)10-5-3-2-4-6-11-21/h7-9,14H,2-6,10-13,15H2,1H3,(H,22,25)(H,23,27). The Balaban J connectivity index is 1.46. The molecule has 1 saturated carbocycles. The van der Waals surface area contributed by atoms with E-state index in [1.165, 1.54) is 6.42 Å². The Morgan fingerprint density at radius 3 is 2.61 bits per heavy atom. The van der Waals surface area contributed by atoms with Crippen LogP contribution in [-0.4, -0.2) is 48.0 Å². The van der Waals surface area contributed by atoms with Crippen LogP contribution in [0.5, 0.6) is 5.75 Å². The molecule has 1 aliphatic heterocycles. The number of ether oxygens (including phenoxy) is 1. The third kappa shape index (κ3) is 4.82. The molecule has 1 spiro atoms. The monoisotopic (exact) mass is 387 g/mol. The molecule has 28 heavy (non-hydrogen) atoms. The lowest BCUT2D eigenvalue weighted by molar-refractivity contribution is -0.135. The Bertz CT molecular complexity index is 726. The Labute approximate surface area is 165 Å². The molecule has 3 rings (SSSR count). The first-order valence-corrected chi connectivity index (χ1v) is 10.1. The van der Waals surface area contributed by atoms with E-state index in [1.54, 1.807) is 0 Å². The fourth-order valence-corrected chi connectivity index (χ4v) is 3.93. The Morgan fingerprint density at radius 1 is 1.18 bits per heavy atom. The maximum atomic E-state index is 12.9. The highest BCUT2D eigenvalue weighted by Gasteiger charge is 2.50. The molecule has 0 radical (unpaired) electrons. The molecule has 2 N–H and O–H groups in total. The molecule has 7 heteroatoms. The number of aryl methyl sites for hydroxylation is 1. The Hall–Kier alpha value is -2.57. The molecule has 0 aromatic heterocycles. The van der Waals surface area contributed by atoms with Gasteiger partial charge in [-0.3, -0.25) is 14.5 Å². The van der Waals surface area contributed by atoms with Gasteiger partial charge in [0.15, 0.2) is 0 Å². The highest BCUT2D eigenvalue weighted by Crippen LogP contribution is 2.31. The summed E-state index contributed by atoms with van der Waals surface area (Å²) in [6.45, 7) is 2.35. The Morgan fingerprint density at radius 2 is 1.89 bits per heavy atom. The minimum absolute atomic E-state index is 0.253. The van der Waals surface area contributed by atoms with Crippen molar-refractivity contribution in [1.82, 2.24) is 15.5 Å². The second-order valence-corrected chi connectivity index (χ2v) is 7.69. The lowest BCUT2D eigenvalue weighted by Gasteiger charge is -2.28. The van der Waals surface area contributed by atoms with Gasteiger partial charge in [0.25, 0.3) is 5.91 Å². The maximum Gasteiger partial charge on any atom is 0.325 e. The van der Waals surface area contributed by atoms with Crippen LogP contribution in [-0.2, 0) is 9.59 Å². The molecule has 4 amide bonds. The van der Waals surface area contributed by atoms with Crippen LogP contribution in [0.2, 0.25) is 0 Å². The number of rotatable bonds is 6. The summed E-state index contributed by atoms with van der Waals surface area (Å²) in [5.41, 5.74) is 0.287. The second kappa shape index (κ2) is 9.08. The predicted molar refractivity (Wildman–Crippen MR) is 105 cm³/mol. The third-order valence-electron chi connectivity index (χ3n) is 5.44. The lowest BCUT2D eigenvalue weighted by atomic mass is 9.84. The van der Waals surface area contributed by atoms with Crippen molar-refractivity contribution in [2.45, 2.75) is 57.4 Å². The number of imide groups is 1. The fourth-order valence-electron chi connectivity index (χ4n) is 3.93. The number of amides is 4. The van der Waals surface area contributed by atoms with Gasteiger partial charge in [-0.05, 0) is 37.5 Å². The van der Waals surface area contributed by atoms with Gasteiger partial charge >= 0.3 is 6.03 Å². The summed E-state index contributed by atoms with van der Waals surface area (Å²) in [6, 6.07) is 7.21. The van der Waals surface area contributed by atoms with Gasteiger partial charge in [0.2, 0.25) is 5.91 Å². The van der Waals surface area contributed by atoms with E-state index in [0.717, 1.165) is 41.9 Å². The molecule has 152 valence electrons. The minimum atomic E-state index is -0.813. The summed E-state index contributed by atoms with van der Waals surface area (Å²) in [6.07, 6.45) is 6.47. The SMILES string of the molecule is Cc1cccc(OCCNC(=O)CN2C(=O)NC3(CCCCCCC3)C2=O)c1. The molecule has 0 atom stereocenters. The first-order valence-electron chi connectivity index (χ1n) is 10.1. The van der Waals surface area contributed by atoms with Crippen molar-refractivity contribution in [1.29, 1.82) is 0 Å². The number of benzene rings is 1. The molecule has 7 nitrogen and oxygen atoms in total. The fraction of sp³-hybridized carbons (Fsp3) is 0.571. The molecule has 1 aromatic rings. The summed E-state index contributed by atoms with van der Waals surface area (Å²) >= 11 is 0. The van der Waals surface area contributed by atoms with E-state index in [4.69, 9.17) is 4.74 Å². The first kappa shape index (κ1) is 20.2. The van der Waals surface area contributed by atoms with Gasteiger partial charge < -0.3 is 15.4 Å². The molecule has 1 heterocycles. The van der Waals surface area contributed by atoms with Gasteiger partial charge in [0.05, 0.1) is 6.54 Å². The number of carbonyl (C=O) groups is 3. The average Bonchev–Trinajstić information content (AvgIpc) is 2.87. The van der Waals surface area contributed by atoms with Crippen molar-refractivity contribution < 1.29 is 19.1 Å². The van der Waals surface area contributed by atoms with E-state index < -0.39 is 11.6 Å². The molecule has 1 aromatic carbocycles. The summed E-state index contributed by atoms with van der Waals surface area (Å²) in [5, 5.41) is 5.58. The molecule has 1 saturated heterocycles. The highest BCUT2D eigenvalue weighted by molar-refractivity contribution is 6.09. The zero-order chi connectivity index (χ0) is 20.0. The number of urea groups is 1. The van der Waals surface area contributed by atoms with Gasteiger partial charge in [-0.25, -0.2) is 4.79 Å². The molecular weight excluding hydrogens is 358 g/mol. The van der Waals surface area contributed by atoms with E-state index in [1.807, 2.05) is 31.2 Å². The van der Waals surface area contributed by atoms with E-state index in [0.29, 0.717) is 26.0 Å². The number of hydrogen-bond acceptors (Lipinski definition) is 4. The van der Waals surface area contributed by atoms with Crippen molar-refractivity contribution in [3.8, 4) is 5.75 Å². The van der Waals surface area contributed by atoms with Crippen LogP contribution in [0.25, 0.3) is 0 Å². The second-order valence-electron chi connectivity index (χ2n) is 7.69. The molecule has 2 fully saturated rings. The molecule has 0 bridgehead atoms. The summed E-state index contributed by atoms with van der Waals surface area (Å²) < 4.78 is 5.59. The van der Waals surface area contributed by atoms with Crippen molar-refractivity contribution in [3.63, 3.8) is 0 Å². The number of carbonyl (C=O) groups excluding carboxylic acids is 3. The quantitative estimate of drug-likeness (QED) is 0.580. The van der Waals surface area contributed by atoms with Crippen LogP contribution < -0.4 is 15.4 Å². The van der Waals surface area contributed by atoms with Crippen LogP contribution in [0.1, 0.15) is 50.5 Å². The van der Waals surface area contributed by atoms with Crippen molar-refractivity contribution in [3.05, 3.63) is 29.8 Å². The van der Waals surface area contributed by atoms with E-state index in [9.17, 15) is 14.4 Å². The van der Waals surface area contributed by atoms with E-state index in [-0.39, 0.29) is 18.4 Å². The number of nitrogens with one attached hydrogen (secondary N) is 2. The topological polar surface area (TPSA) is 87.7 Å².